The number of morpholine rings is 1. The highest BCUT2D eigenvalue weighted by Gasteiger charge is 2.41. The van der Waals surface area contributed by atoms with E-state index in [0.717, 1.165) is 18.8 Å². The van der Waals surface area contributed by atoms with Gasteiger partial charge in [-0.25, -0.2) is 0 Å². The highest BCUT2D eigenvalue weighted by Crippen LogP contribution is 2.33. The van der Waals surface area contributed by atoms with Gasteiger partial charge in [0.1, 0.15) is 0 Å². The minimum Gasteiger partial charge on any atom is -0.378 e. The number of amides is 1. The molecule has 8 heteroatoms. The van der Waals surface area contributed by atoms with Gasteiger partial charge < -0.3 is 19.9 Å². The molecule has 0 spiro atoms. The maximum absolute atomic E-state index is 12.9. The van der Waals surface area contributed by atoms with Crippen molar-refractivity contribution in [2.24, 2.45) is 5.92 Å². The lowest BCUT2D eigenvalue weighted by Gasteiger charge is -2.33. The SMILES string of the molecule is O=C(CCN1CCC[C@@H](C(F)(F)F)C1)Nc1ccc(N2CCOCC2)cc1. The van der Waals surface area contributed by atoms with E-state index in [-0.39, 0.29) is 25.3 Å². The number of likely N-dealkylation sites (tertiary alicyclic amines) is 1. The Labute approximate surface area is 157 Å². The molecule has 3 rings (SSSR count). The molecule has 0 radical (unpaired) electrons. The van der Waals surface area contributed by atoms with Crippen LogP contribution in [0, 0.1) is 5.92 Å². The first-order valence-electron chi connectivity index (χ1n) is 9.43. The standard InChI is InChI=1S/C19H26F3N3O2/c20-19(21,22)15-2-1-8-24(14-15)9-7-18(26)23-16-3-5-17(6-4-16)25-10-12-27-13-11-25/h3-6,15H,1-2,7-14H2,(H,23,26)/t15-/m1/s1. The summed E-state index contributed by atoms with van der Waals surface area (Å²) in [4.78, 5) is 16.1. The molecule has 1 aromatic rings. The van der Waals surface area contributed by atoms with Gasteiger partial charge in [-0.2, -0.15) is 13.2 Å². The molecule has 1 atom stereocenters. The number of rotatable bonds is 5. The third-order valence-electron chi connectivity index (χ3n) is 5.15. The lowest BCUT2D eigenvalue weighted by molar-refractivity contribution is -0.186. The zero-order valence-corrected chi connectivity index (χ0v) is 15.3. The Kier molecular flexibility index (Phi) is 6.59. The topological polar surface area (TPSA) is 44.8 Å². The van der Waals surface area contributed by atoms with Crippen molar-refractivity contribution in [1.82, 2.24) is 4.90 Å². The Bertz CT molecular complexity index is 616. The summed E-state index contributed by atoms with van der Waals surface area (Å²) in [7, 11) is 0. The number of carbonyl (C=O) groups is 1. The molecule has 2 saturated heterocycles. The molecular weight excluding hydrogens is 359 g/mol. The second-order valence-corrected chi connectivity index (χ2v) is 7.13. The van der Waals surface area contributed by atoms with Crippen LogP contribution >= 0.6 is 0 Å². The van der Waals surface area contributed by atoms with Crippen LogP contribution in [-0.2, 0) is 9.53 Å². The molecule has 2 heterocycles. The molecule has 2 fully saturated rings. The van der Waals surface area contributed by atoms with E-state index < -0.39 is 12.1 Å². The van der Waals surface area contributed by atoms with Gasteiger partial charge in [-0.3, -0.25) is 4.79 Å². The van der Waals surface area contributed by atoms with Gasteiger partial charge in [0, 0.05) is 44.0 Å². The number of piperidine rings is 1. The highest BCUT2D eigenvalue weighted by molar-refractivity contribution is 5.91. The van der Waals surface area contributed by atoms with E-state index in [1.54, 1.807) is 4.90 Å². The Balaban J connectivity index is 1.44. The molecule has 0 unspecified atom stereocenters. The van der Waals surface area contributed by atoms with E-state index in [9.17, 15) is 18.0 Å². The van der Waals surface area contributed by atoms with Crippen molar-refractivity contribution in [2.45, 2.75) is 25.4 Å². The molecule has 2 aliphatic rings. The fraction of sp³-hybridized carbons (Fsp3) is 0.632. The number of nitrogens with zero attached hydrogens (tertiary/aromatic N) is 2. The van der Waals surface area contributed by atoms with E-state index in [4.69, 9.17) is 4.74 Å². The summed E-state index contributed by atoms with van der Waals surface area (Å²) >= 11 is 0. The average Bonchev–Trinajstić information content (AvgIpc) is 2.67. The normalized spacial score (nSPS) is 21.9. The fourth-order valence-corrected chi connectivity index (χ4v) is 3.59. The average molecular weight is 385 g/mol. The second kappa shape index (κ2) is 8.93. The molecule has 0 saturated carbocycles. The number of hydrogen-bond acceptors (Lipinski definition) is 4. The highest BCUT2D eigenvalue weighted by atomic mass is 19.4. The number of nitrogens with one attached hydrogen (secondary N) is 1. The van der Waals surface area contributed by atoms with Crippen molar-refractivity contribution in [1.29, 1.82) is 0 Å². The maximum Gasteiger partial charge on any atom is 0.393 e. The number of hydrogen-bond donors (Lipinski definition) is 1. The van der Waals surface area contributed by atoms with Crippen molar-refractivity contribution in [3.63, 3.8) is 0 Å². The van der Waals surface area contributed by atoms with E-state index in [1.807, 2.05) is 24.3 Å². The molecule has 0 bridgehead atoms. The molecular formula is C19H26F3N3O2. The number of carbonyl (C=O) groups excluding carboxylic acids is 1. The van der Waals surface area contributed by atoms with Crippen LogP contribution in [0.15, 0.2) is 24.3 Å². The molecule has 27 heavy (non-hydrogen) atoms. The number of alkyl halides is 3. The van der Waals surface area contributed by atoms with Crippen molar-refractivity contribution in [3.8, 4) is 0 Å². The first-order chi connectivity index (χ1) is 12.9. The van der Waals surface area contributed by atoms with E-state index >= 15 is 0 Å². The molecule has 0 aliphatic carbocycles. The van der Waals surface area contributed by atoms with E-state index in [0.29, 0.717) is 38.4 Å². The van der Waals surface area contributed by atoms with Gasteiger partial charge in [0.25, 0.3) is 0 Å². The molecule has 5 nitrogen and oxygen atoms in total. The molecule has 2 aliphatic heterocycles. The van der Waals surface area contributed by atoms with Crippen LogP contribution in [0.5, 0.6) is 0 Å². The van der Waals surface area contributed by atoms with Gasteiger partial charge in [0.15, 0.2) is 0 Å². The monoisotopic (exact) mass is 385 g/mol. The van der Waals surface area contributed by atoms with Crippen molar-refractivity contribution in [2.75, 3.05) is 56.2 Å². The Morgan fingerprint density at radius 2 is 1.85 bits per heavy atom. The summed E-state index contributed by atoms with van der Waals surface area (Å²) in [6.07, 6.45) is -3.25. The van der Waals surface area contributed by atoms with Crippen molar-refractivity contribution < 1.29 is 22.7 Å². The number of benzene rings is 1. The van der Waals surface area contributed by atoms with Crippen LogP contribution < -0.4 is 10.2 Å². The van der Waals surface area contributed by atoms with Gasteiger partial charge >= 0.3 is 6.18 Å². The number of anilines is 2. The quantitative estimate of drug-likeness (QED) is 0.846. The summed E-state index contributed by atoms with van der Waals surface area (Å²) in [6, 6.07) is 7.62. The van der Waals surface area contributed by atoms with Crippen LogP contribution in [-0.4, -0.2) is 62.9 Å². The minimum absolute atomic E-state index is 0.00890. The van der Waals surface area contributed by atoms with E-state index in [2.05, 4.69) is 10.2 Å². The first-order valence-corrected chi connectivity index (χ1v) is 9.43. The summed E-state index contributed by atoms with van der Waals surface area (Å²) in [5, 5.41) is 2.82. The van der Waals surface area contributed by atoms with Crippen LogP contribution in [0.3, 0.4) is 0 Å². The molecule has 0 aromatic heterocycles. The first kappa shape index (κ1) is 19.9. The summed E-state index contributed by atoms with van der Waals surface area (Å²) in [5.74, 6) is -1.45. The summed E-state index contributed by atoms with van der Waals surface area (Å²) in [5.41, 5.74) is 1.78. The number of ether oxygens (including phenoxy) is 1. The summed E-state index contributed by atoms with van der Waals surface area (Å²) < 4.78 is 43.9. The maximum atomic E-state index is 12.9. The third-order valence-corrected chi connectivity index (χ3v) is 5.15. The Morgan fingerprint density at radius 1 is 1.15 bits per heavy atom. The Morgan fingerprint density at radius 3 is 2.52 bits per heavy atom. The van der Waals surface area contributed by atoms with Crippen molar-refractivity contribution in [3.05, 3.63) is 24.3 Å². The van der Waals surface area contributed by atoms with Crippen molar-refractivity contribution >= 4 is 17.3 Å². The van der Waals surface area contributed by atoms with Crippen LogP contribution in [0.1, 0.15) is 19.3 Å². The third kappa shape index (κ3) is 5.84. The van der Waals surface area contributed by atoms with Crippen LogP contribution in [0.4, 0.5) is 24.5 Å². The van der Waals surface area contributed by atoms with Gasteiger partial charge in [-0.1, -0.05) is 0 Å². The zero-order chi connectivity index (χ0) is 19.3. The molecule has 1 amide bonds. The molecule has 1 N–H and O–H groups in total. The minimum atomic E-state index is -4.15. The lowest BCUT2D eigenvalue weighted by atomic mass is 9.97. The van der Waals surface area contributed by atoms with Crippen LogP contribution in [0.2, 0.25) is 0 Å². The van der Waals surface area contributed by atoms with Gasteiger partial charge in [0.05, 0.1) is 19.1 Å². The fourth-order valence-electron chi connectivity index (χ4n) is 3.59. The smallest absolute Gasteiger partial charge is 0.378 e. The predicted molar refractivity (Wildman–Crippen MR) is 97.9 cm³/mol. The van der Waals surface area contributed by atoms with Gasteiger partial charge in [-0.15, -0.1) is 0 Å². The molecule has 150 valence electrons. The van der Waals surface area contributed by atoms with Gasteiger partial charge in [0.2, 0.25) is 5.91 Å². The van der Waals surface area contributed by atoms with Crippen LogP contribution in [0.25, 0.3) is 0 Å². The number of halogens is 3. The molecule has 1 aromatic carbocycles. The predicted octanol–water partition coefficient (Wildman–Crippen LogP) is 3.13. The Hall–Kier alpha value is -1.80. The second-order valence-electron chi connectivity index (χ2n) is 7.13. The van der Waals surface area contributed by atoms with Gasteiger partial charge in [-0.05, 0) is 43.7 Å². The largest absolute Gasteiger partial charge is 0.393 e. The summed E-state index contributed by atoms with van der Waals surface area (Å²) in [6.45, 7) is 4.08. The lowest BCUT2D eigenvalue weighted by Crippen LogP contribution is -2.42. The van der Waals surface area contributed by atoms with E-state index in [1.165, 1.54) is 0 Å². The zero-order valence-electron chi connectivity index (χ0n) is 15.3.